The van der Waals surface area contributed by atoms with Crippen molar-refractivity contribution in [2.24, 2.45) is 0 Å². The number of carbonyl (C=O) groups excluding carboxylic acids is 1. The summed E-state index contributed by atoms with van der Waals surface area (Å²) in [7, 11) is 0. The van der Waals surface area contributed by atoms with Crippen molar-refractivity contribution >= 4 is 17.5 Å². The number of fused-ring (bicyclic) bond motifs is 1. The minimum Gasteiger partial charge on any atom is -0.486 e. The Morgan fingerprint density at radius 1 is 1.53 bits per heavy atom. The first-order valence-electron chi connectivity index (χ1n) is 5.91. The molecule has 1 aliphatic carbocycles. The van der Waals surface area contributed by atoms with Crippen LogP contribution in [0.1, 0.15) is 40.9 Å². The summed E-state index contributed by atoms with van der Waals surface area (Å²) in [6, 6.07) is 2.85. The van der Waals surface area contributed by atoms with Crippen LogP contribution in [0, 0.1) is 5.82 Å². The van der Waals surface area contributed by atoms with Crippen LogP contribution in [-0.2, 0) is 6.61 Å². The maximum Gasteiger partial charge on any atom is 0.167 e. The van der Waals surface area contributed by atoms with Gasteiger partial charge < -0.3 is 4.74 Å². The predicted molar refractivity (Wildman–Crippen MR) is 68.0 cm³/mol. The molecule has 2 aromatic rings. The maximum absolute atomic E-state index is 13.8. The van der Waals surface area contributed by atoms with Crippen LogP contribution in [-0.4, -0.2) is 14.5 Å². The van der Waals surface area contributed by atoms with E-state index in [9.17, 15) is 9.18 Å². The van der Waals surface area contributed by atoms with Gasteiger partial charge >= 0.3 is 0 Å². The first-order valence-corrected chi connectivity index (χ1v) is 6.64. The van der Waals surface area contributed by atoms with Crippen molar-refractivity contribution in [3.63, 3.8) is 0 Å². The number of hydrogen-bond donors (Lipinski definition) is 0. The molecule has 4 nitrogen and oxygen atoms in total. The summed E-state index contributed by atoms with van der Waals surface area (Å²) >= 11 is 1.10. The van der Waals surface area contributed by atoms with E-state index in [1.807, 2.05) is 6.92 Å². The smallest absolute Gasteiger partial charge is 0.167 e. The van der Waals surface area contributed by atoms with E-state index in [0.29, 0.717) is 29.0 Å². The Hall–Kier alpha value is -1.82. The minimum absolute atomic E-state index is 0.0617. The second-order valence-electron chi connectivity index (χ2n) is 4.55. The maximum atomic E-state index is 13.8. The Kier molecular flexibility index (Phi) is 3.02. The molecule has 98 valence electrons. The average Bonchev–Trinajstić information content (AvgIpc) is 2.98. The second-order valence-corrected chi connectivity index (χ2v) is 5.11. The van der Waals surface area contributed by atoms with Crippen molar-refractivity contribution in [1.29, 1.82) is 0 Å². The van der Waals surface area contributed by atoms with E-state index in [-0.39, 0.29) is 24.1 Å². The SMILES string of the molecule is CC1CC(=O)c2c(OCc3cnsn3)ccc(F)c21. The summed E-state index contributed by atoms with van der Waals surface area (Å²) in [4.78, 5) is 11.9. The van der Waals surface area contributed by atoms with Crippen LogP contribution in [0.15, 0.2) is 18.3 Å². The third kappa shape index (κ3) is 2.12. The number of nitrogens with zero attached hydrogens (tertiary/aromatic N) is 2. The molecule has 3 rings (SSSR count). The summed E-state index contributed by atoms with van der Waals surface area (Å²) in [5.74, 6) is -0.0600. The molecule has 0 amide bonds. The standard InChI is InChI=1S/C13H11FN2O2S/c1-7-4-10(17)13-11(3-2-9(14)12(7)13)18-6-8-5-15-19-16-8/h2-3,5,7H,4,6H2,1H3. The van der Waals surface area contributed by atoms with E-state index in [1.54, 1.807) is 6.20 Å². The lowest BCUT2D eigenvalue weighted by Gasteiger charge is -2.10. The molecule has 19 heavy (non-hydrogen) atoms. The lowest BCUT2D eigenvalue weighted by atomic mass is 10.0. The molecule has 0 N–H and O–H groups in total. The molecule has 0 fully saturated rings. The Bertz CT molecular complexity index is 628. The fourth-order valence-corrected chi connectivity index (χ4v) is 2.77. The van der Waals surface area contributed by atoms with E-state index in [1.165, 1.54) is 12.1 Å². The number of halogens is 1. The molecule has 1 aromatic carbocycles. The Balaban J connectivity index is 1.93. The highest BCUT2D eigenvalue weighted by Gasteiger charge is 2.32. The lowest BCUT2D eigenvalue weighted by Crippen LogP contribution is -2.02. The second kappa shape index (κ2) is 4.70. The highest BCUT2D eigenvalue weighted by molar-refractivity contribution is 6.99. The van der Waals surface area contributed by atoms with Gasteiger partial charge in [0.15, 0.2) is 5.78 Å². The van der Waals surface area contributed by atoms with Crippen LogP contribution >= 0.6 is 11.7 Å². The van der Waals surface area contributed by atoms with Crippen LogP contribution in [0.2, 0.25) is 0 Å². The normalized spacial score (nSPS) is 17.6. The van der Waals surface area contributed by atoms with Gasteiger partial charge in [-0.2, -0.15) is 8.75 Å². The van der Waals surface area contributed by atoms with Gasteiger partial charge in [0.25, 0.3) is 0 Å². The van der Waals surface area contributed by atoms with E-state index in [2.05, 4.69) is 8.75 Å². The quantitative estimate of drug-likeness (QED) is 0.866. The fraction of sp³-hybridized carbons (Fsp3) is 0.308. The first-order chi connectivity index (χ1) is 9.16. The average molecular weight is 278 g/mol. The number of ketones is 1. The van der Waals surface area contributed by atoms with Crippen molar-refractivity contribution < 1.29 is 13.9 Å². The molecule has 0 bridgehead atoms. The zero-order valence-corrected chi connectivity index (χ0v) is 11.0. The number of benzene rings is 1. The molecular formula is C13H11FN2O2S. The Morgan fingerprint density at radius 2 is 2.37 bits per heavy atom. The van der Waals surface area contributed by atoms with Crippen molar-refractivity contribution in [2.75, 3.05) is 0 Å². The van der Waals surface area contributed by atoms with Crippen molar-refractivity contribution in [1.82, 2.24) is 8.75 Å². The number of carbonyl (C=O) groups is 1. The van der Waals surface area contributed by atoms with Gasteiger partial charge in [-0.3, -0.25) is 4.79 Å². The van der Waals surface area contributed by atoms with Crippen LogP contribution in [0.25, 0.3) is 0 Å². The predicted octanol–water partition coefficient (Wildman–Crippen LogP) is 2.95. The molecule has 6 heteroatoms. The molecule has 0 saturated heterocycles. The largest absolute Gasteiger partial charge is 0.486 e. The molecule has 1 heterocycles. The monoisotopic (exact) mass is 278 g/mol. The number of hydrogen-bond acceptors (Lipinski definition) is 5. The Labute approximate surface area is 113 Å². The van der Waals surface area contributed by atoms with Gasteiger partial charge in [-0.15, -0.1) is 0 Å². The number of rotatable bonds is 3. The van der Waals surface area contributed by atoms with Crippen molar-refractivity contribution in [3.8, 4) is 5.75 Å². The molecule has 1 aliphatic rings. The highest BCUT2D eigenvalue weighted by atomic mass is 32.1. The zero-order chi connectivity index (χ0) is 13.4. The van der Waals surface area contributed by atoms with Gasteiger partial charge in [0.1, 0.15) is 23.9 Å². The van der Waals surface area contributed by atoms with Gasteiger partial charge in [0.2, 0.25) is 0 Å². The summed E-state index contributed by atoms with van der Waals surface area (Å²) in [6.45, 7) is 2.08. The fourth-order valence-electron chi connectivity index (χ4n) is 2.35. The van der Waals surface area contributed by atoms with Gasteiger partial charge in [-0.1, -0.05) is 6.92 Å². The Morgan fingerprint density at radius 3 is 3.11 bits per heavy atom. The summed E-state index contributed by atoms with van der Waals surface area (Å²) < 4.78 is 27.3. The molecule has 0 spiro atoms. The summed E-state index contributed by atoms with van der Waals surface area (Å²) in [5.41, 5.74) is 1.55. The molecule has 1 unspecified atom stereocenters. The van der Waals surface area contributed by atoms with Crippen LogP contribution in [0.3, 0.4) is 0 Å². The van der Waals surface area contributed by atoms with E-state index in [0.717, 1.165) is 11.7 Å². The number of Topliss-reactive ketones (excluding diaryl/α,β-unsaturated/α-hetero) is 1. The zero-order valence-electron chi connectivity index (χ0n) is 10.2. The van der Waals surface area contributed by atoms with Crippen molar-refractivity contribution in [3.05, 3.63) is 41.0 Å². The third-order valence-electron chi connectivity index (χ3n) is 3.20. The van der Waals surface area contributed by atoms with Crippen LogP contribution in [0.5, 0.6) is 5.75 Å². The molecule has 0 aliphatic heterocycles. The molecule has 0 radical (unpaired) electrons. The summed E-state index contributed by atoms with van der Waals surface area (Å²) in [5, 5.41) is 0. The van der Waals surface area contributed by atoms with E-state index < -0.39 is 0 Å². The molecule has 0 saturated carbocycles. The van der Waals surface area contributed by atoms with Gasteiger partial charge in [0.05, 0.1) is 23.5 Å². The third-order valence-corrected chi connectivity index (χ3v) is 3.72. The minimum atomic E-state index is -0.337. The first kappa shape index (κ1) is 12.2. The topological polar surface area (TPSA) is 52.1 Å². The van der Waals surface area contributed by atoms with Gasteiger partial charge in [-0.05, 0) is 18.1 Å². The summed E-state index contributed by atoms with van der Waals surface area (Å²) in [6.07, 6.45) is 1.95. The number of ether oxygens (including phenoxy) is 1. The van der Waals surface area contributed by atoms with Crippen LogP contribution in [0.4, 0.5) is 4.39 Å². The van der Waals surface area contributed by atoms with Gasteiger partial charge in [-0.25, -0.2) is 4.39 Å². The van der Waals surface area contributed by atoms with E-state index >= 15 is 0 Å². The van der Waals surface area contributed by atoms with Crippen molar-refractivity contribution in [2.45, 2.75) is 25.9 Å². The van der Waals surface area contributed by atoms with E-state index in [4.69, 9.17) is 4.74 Å². The molecule has 1 atom stereocenters. The highest BCUT2D eigenvalue weighted by Crippen LogP contribution is 2.39. The molecule has 1 aromatic heterocycles. The lowest BCUT2D eigenvalue weighted by molar-refractivity contribution is 0.0986. The van der Waals surface area contributed by atoms with Gasteiger partial charge in [0, 0.05) is 12.0 Å². The molecular weight excluding hydrogens is 267 g/mol. The number of aromatic nitrogens is 2. The van der Waals surface area contributed by atoms with Crippen LogP contribution < -0.4 is 4.74 Å².